The van der Waals surface area contributed by atoms with Crippen LogP contribution >= 0.6 is 11.6 Å². The first-order chi connectivity index (χ1) is 25.2. The van der Waals surface area contributed by atoms with Crippen LogP contribution in [0.3, 0.4) is 0 Å². The molecule has 2 saturated heterocycles. The maximum Gasteiger partial charge on any atom is 0.135 e. The van der Waals surface area contributed by atoms with Crippen LogP contribution in [0.5, 0.6) is 0 Å². The fraction of sp³-hybridized carbons (Fsp3) is 0.524. The van der Waals surface area contributed by atoms with Gasteiger partial charge in [0.15, 0.2) is 0 Å². The molecular weight excluding hydrogens is 652 g/mol. The van der Waals surface area contributed by atoms with Crippen LogP contribution < -0.4 is 10.2 Å². The van der Waals surface area contributed by atoms with Crippen LogP contribution in [0.4, 0.5) is 5.82 Å². The van der Waals surface area contributed by atoms with Crippen LogP contribution in [-0.2, 0) is 38.8 Å². The highest BCUT2D eigenvalue weighted by Gasteiger charge is 2.22. The molecule has 51 heavy (non-hydrogen) atoms. The highest BCUT2D eigenvalue weighted by atomic mass is 35.5. The predicted molar refractivity (Wildman–Crippen MR) is 209 cm³/mol. The lowest BCUT2D eigenvalue weighted by Crippen LogP contribution is -2.31. The van der Waals surface area contributed by atoms with Gasteiger partial charge in [-0.3, -0.25) is 9.80 Å². The summed E-state index contributed by atoms with van der Waals surface area (Å²) in [6.45, 7) is 11.3. The van der Waals surface area contributed by atoms with Crippen molar-refractivity contribution in [3.63, 3.8) is 0 Å². The van der Waals surface area contributed by atoms with Crippen molar-refractivity contribution in [2.24, 2.45) is 0 Å². The molecule has 9 heteroatoms. The van der Waals surface area contributed by atoms with E-state index >= 15 is 0 Å². The topological polar surface area (TPSA) is 73.3 Å². The van der Waals surface area contributed by atoms with Crippen LogP contribution in [0.15, 0.2) is 73.3 Å². The molecule has 0 radical (unpaired) electrons. The first kappa shape index (κ1) is 37.3. The Labute approximate surface area is 311 Å². The van der Waals surface area contributed by atoms with Crippen molar-refractivity contribution in [2.75, 3.05) is 57.3 Å². The van der Waals surface area contributed by atoms with E-state index in [0.29, 0.717) is 5.15 Å². The molecule has 4 heterocycles. The zero-order valence-electron chi connectivity index (χ0n) is 30.5. The number of aromatic nitrogens is 4. The lowest BCUT2D eigenvalue weighted by atomic mass is 10.1. The number of benzene rings is 2. The second kappa shape index (κ2) is 20.6. The van der Waals surface area contributed by atoms with Gasteiger partial charge in [-0.25, -0.2) is 19.9 Å². The van der Waals surface area contributed by atoms with Crippen molar-refractivity contribution in [1.29, 1.82) is 0 Å². The minimum absolute atomic E-state index is 0.655. The average Bonchev–Trinajstić information content (AvgIpc) is 3.75. The van der Waals surface area contributed by atoms with Crippen LogP contribution in [0.2, 0.25) is 5.15 Å². The van der Waals surface area contributed by atoms with Gasteiger partial charge in [0.05, 0.1) is 0 Å². The Balaban J connectivity index is 0.000000145. The molecule has 2 aliphatic heterocycles. The highest BCUT2D eigenvalue weighted by molar-refractivity contribution is 6.30. The van der Waals surface area contributed by atoms with E-state index in [2.05, 4.69) is 95.6 Å². The third-order valence-corrected chi connectivity index (χ3v) is 10.8. The lowest BCUT2D eigenvalue weighted by Gasteiger charge is -2.25. The predicted octanol–water partition coefficient (Wildman–Crippen LogP) is 7.34. The standard InChI is InChI=1S/C21H28N4.C12H18N2.C9H11ClN2/c1-3-8-18(9-4-1)16-24-12-7-13-25(15-14-24)21-19-10-5-2-6-11-20(19)22-17-23-21;1-2-5-12(6-3-1)11-14-9-4-7-13-8-10-14;10-9-7-4-2-1-3-5-8(7)11-6-12-9/h1,3-4,8-9,17H,2,5-7,10-16H2;1-3,5-6,13H,4,7-11H2;6H,1-5H2. The number of nitrogens with one attached hydrogen (secondary N) is 1. The number of aryl methyl sites for hydroxylation is 2. The Morgan fingerprint density at radius 2 is 1.10 bits per heavy atom. The Morgan fingerprint density at radius 1 is 0.510 bits per heavy atom. The number of hydrogen-bond acceptors (Lipinski definition) is 8. The molecule has 0 atom stereocenters. The van der Waals surface area contributed by atoms with E-state index in [4.69, 9.17) is 16.6 Å². The second-order valence-electron chi connectivity index (χ2n) is 14.3. The maximum absolute atomic E-state index is 5.96. The van der Waals surface area contributed by atoms with Crippen molar-refractivity contribution in [1.82, 2.24) is 35.1 Å². The van der Waals surface area contributed by atoms with Crippen molar-refractivity contribution in [3.05, 3.63) is 112 Å². The van der Waals surface area contributed by atoms with Gasteiger partial charge in [-0.1, -0.05) is 85.1 Å². The second-order valence-corrected chi connectivity index (χ2v) is 14.7. The minimum atomic E-state index is 0.655. The Bertz CT molecular complexity index is 1580. The fourth-order valence-corrected chi connectivity index (χ4v) is 7.94. The summed E-state index contributed by atoms with van der Waals surface area (Å²) in [7, 11) is 0. The van der Waals surface area contributed by atoms with Gasteiger partial charge in [-0.15, -0.1) is 0 Å². The van der Waals surface area contributed by atoms with E-state index in [1.54, 1.807) is 12.7 Å². The van der Waals surface area contributed by atoms with Gasteiger partial charge in [-0.2, -0.15) is 0 Å². The van der Waals surface area contributed by atoms with Crippen molar-refractivity contribution in [2.45, 2.75) is 90.1 Å². The molecule has 0 spiro atoms. The molecule has 8 nitrogen and oxygen atoms in total. The largest absolute Gasteiger partial charge is 0.355 e. The summed E-state index contributed by atoms with van der Waals surface area (Å²) in [6.07, 6.45) is 17.8. The Morgan fingerprint density at radius 3 is 1.80 bits per heavy atom. The molecule has 2 aliphatic carbocycles. The number of nitrogens with zero attached hydrogens (tertiary/aromatic N) is 7. The molecule has 8 rings (SSSR count). The van der Waals surface area contributed by atoms with E-state index in [-0.39, 0.29) is 0 Å². The normalized spacial score (nSPS) is 18.6. The van der Waals surface area contributed by atoms with Gasteiger partial charge in [0.2, 0.25) is 0 Å². The SMILES string of the molecule is Clc1ncnc2c1CCCCC2.c1ccc(CN2CCCN(c3ncnc4c3CCCCC4)CC2)cc1.c1ccc(CN2CCCNCC2)cc1. The average molecular weight is 709 g/mol. The van der Waals surface area contributed by atoms with E-state index < -0.39 is 0 Å². The monoisotopic (exact) mass is 708 g/mol. The molecule has 0 bridgehead atoms. The first-order valence-electron chi connectivity index (χ1n) is 19.5. The summed E-state index contributed by atoms with van der Waals surface area (Å²) in [4.78, 5) is 25.1. The Kier molecular flexibility index (Phi) is 15.1. The van der Waals surface area contributed by atoms with E-state index in [1.807, 2.05) is 0 Å². The van der Waals surface area contributed by atoms with Gasteiger partial charge in [0, 0.05) is 74.9 Å². The van der Waals surface area contributed by atoms with Gasteiger partial charge < -0.3 is 10.2 Å². The molecule has 0 unspecified atom stereocenters. The molecule has 2 aromatic heterocycles. The number of fused-ring (bicyclic) bond motifs is 2. The maximum atomic E-state index is 5.96. The quantitative estimate of drug-likeness (QED) is 0.171. The smallest absolute Gasteiger partial charge is 0.135 e. The molecule has 4 aliphatic rings. The van der Waals surface area contributed by atoms with Crippen LogP contribution in [-0.4, -0.2) is 82.1 Å². The zero-order chi connectivity index (χ0) is 34.9. The summed E-state index contributed by atoms with van der Waals surface area (Å²) in [5.41, 5.74) is 7.90. The number of halogens is 1. The van der Waals surface area contributed by atoms with Crippen LogP contribution in [0, 0.1) is 0 Å². The summed E-state index contributed by atoms with van der Waals surface area (Å²) >= 11 is 5.96. The molecule has 272 valence electrons. The van der Waals surface area contributed by atoms with Crippen molar-refractivity contribution >= 4 is 17.4 Å². The Hall–Kier alpha value is -3.43. The third kappa shape index (κ3) is 11.8. The number of anilines is 1. The van der Waals surface area contributed by atoms with Crippen LogP contribution in [0.1, 0.15) is 85.0 Å². The summed E-state index contributed by atoms with van der Waals surface area (Å²) in [5, 5.41) is 4.08. The molecular formula is C42H57ClN8. The molecule has 2 aromatic carbocycles. The van der Waals surface area contributed by atoms with Crippen molar-refractivity contribution < 1.29 is 0 Å². The lowest BCUT2D eigenvalue weighted by molar-refractivity contribution is 0.284. The summed E-state index contributed by atoms with van der Waals surface area (Å²) in [6, 6.07) is 21.5. The fourth-order valence-electron chi connectivity index (χ4n) is 7.70. The van der Waals surface area contributed by atoms with Gasteiger partial charge in [-0.05, 0) is 88.4 Å². The van der Waals surface area contributed by atoms with E-state index in [0.717, 1.165) is 70.6 Å². The summed E-state index contributed by atoms with van der Waals surface area (Å²) < 4.78 is 0. The van der Waals surface area contributed by atoms with E-state index in [1.165, 1.54) is 111 Å². The molecule has 1 N–H and O–H groups in total. The van der Waals surface area contributed by atoms with Gasteiger partial charge >= 0.3 is 0 Å². The first-order valence-corrected chi connectivity index (χ1v) is 19.9. The highest BCUT2D eigenvalue weighted by Crippen LogP contribution is 2.27. The molecule has 2 fully saturated rings. The minimum Gasteiger partial charge on any atom is -0.355 e. The molecule has 0 amide bonds. The summed E-state index contributed by atoms with van der Waals surface area (Å²) in [5.74, 6) is 1.22. The molecule has 0 saturated carbocycles. The zero-order valence-corrected chi connectivity index (χ0v) is 31.2. The number of rotatable bonds is 5. The van der Waals surface area contributed by atoms with E-state index in [9.17, 15) is 0 Å². The van der Waals surface area contributed by atoms with Gasteiger partial charge in [0.1, 0.15) is 23.6 Å². The van der Waals surface area contributed by atoms with Gasteiger partial charge in [0.25, 0.3) is 0 Å². The third-order valence-electron chi connectivity index (χ3n) is 10.5. The number of hydrogen-bond donors (Lipinski definition) is 1. The molecule has 4 aromatic rings. The van der Waals surface area contributed by atoms with Crippen LogP contribution in [0.25, 0.3) is 0 Å². The van der Waals surface area contributed by atoms with Crippen molar-refractivity contribution in [3.8, 4) is 0 Å².